The molecule has 1 rings (SSSR count). The molecular weight excluding hydrogens is 344 g/mol. The zero-order chi connectivity index (χ0) is 17.8. The molecule has 1 aromatic rings. The van der Waals surface area contributed by atoms with Gasteiger partial charge >= 0.3 is 5.97 Å². The zero-order valence-electron chi connectivity index (χ0n) is 12.9. The molecule has 0 spiro atoms. The lowest BCUT2D eigenvalue weighted by atomic mass is 10.0. The van der Waals surface area contributed by atoms with Crippen molar-refractivity contribution in [3.8, 4) is 0 Å². The van der Waals surface area contributed by atoms with Crippen LogP contribution in [0.5, 0.6) is 0 Å². The highest BCUT2D eigenvalue weighted by Gasteiger charge is 2.26. The Morgan fingerprint density at radius 1 is 1.13 bits per heavy atom. The Labute approximate surface area is 140 Å². The molecule has 3 N–H and O–H groups in total. The third kappa shape index (κ3) is 5.49. The number of benzene rings is 1. The molecule has 0 saturated heterocycles. The molecule has 0 fully saturated rings. The smallest absolute Gasteiger partial charge is 0.308 e. The van der Waals surface area contributed by atoms with Gasteiger partial charge in [0.05, 0.1) is 16.9 Å². The molecular formula is C14H19ClN2O5S. The summed E-state index contributed by atoms with van der Waals surface area (Å²) in [5, 5.41) is 11.8. The van der Waals surface area contributed by atoms with E-state index in [0.717, 1.165) is 0 Å². The standard InChI is InChI=1S/C14H19ClN2O5S/c1-8(14(19)20)9(2)16-13(18)10(3)17-23(21,22)12-6-4-11(15)5-7-12/h4-10,17H,1-3H3,(H,16,18)(H,19,20). The van der Waals surface area contributed by atoms with Crippen molar-refractivity contribution in [1.82, 2.24) is 10.0 Å². The minimum atomic E-state index is -3.88. The molecule has 0 radical (unpaired) electrons. The molecule has 0 aliphatic carbocycles. The maximum Gasteiger partial charge on any atom is 0.308 e. The van der Waals surface area contributed by atoms with Gasteiger partial charge in [-0.3, -0.25) is 9.59 Å². The van der Waals surface area contributed by atoms with E-state index in [2.05, 4.69) is 10.0 Å². The van der Waals surface area contributed by atoms with Crippen molar-refractivity contribution in [2.45, 2.75) is 37.8 Å². The molecule has 1 aromatic carbocycles. The summed E-state index contributed by atoms with van der Waals surface area (Å²) in [4.78, 5) is 22.8. The average molecular weight is 363 g/mol. The van der Waals surface area contributed by atoms with Crippen molar-refractivity contribution >= 4 is 33.5 Å². The summed E-state index contributed by atoms with van der Waals surface area (Å²) < 4.78 is 26.6. The van der Waals surface area contributed by atoms with E-state index in [4.69, 9.17) is 16.7 Å². The highest BCUT2D eigenvalue weighted by molar-refractivity contribution is 7.89. The third-order valence-electron chi connectivity index (χ3n) is 3.36. The Balaban J connectivity index is 2.74. The van der Waals surface area contributed by atoms with Gasteiger partial charge in [-0.2, -0.15) is 4.72 Å². The van der Waals surface area contributed by atoms with Gasteiger partial charge in [0.15, 0.2) is 0 Å². The lowest BCUT2D eigenvalue weighted by Crippen LogP contribution is -2.49. The van der Waals surface area contributed by atoms with Gasteiger partial charge < -0.3 is 10.4 Å². The van der Waals surface area contributed by atoms with Gasteiger partial charge in [-0.05, 0) is 45.0 Å². The van der Waals surface area contributed by atoms with E-state index in [9.17, 15) is 18.0 Å². The van der Waals surface area contributed by atoms with Gasteiger partial charge in [-0.1, -0.05) is 11.6 Å². The van der Waals surface area contributed by atoms with Gasteiger partial charge in [-0.25, -0.2) is 8.42 Å². The Bertz CT molecular complexity index is 675. The fourth-order valence-corrected chi connectivity index (χ4v) is 2.99. The number of hydrogen-bond acceptors (Lipinski definition) is 4. The van der Waals surface area contributed by atoms with Crippen LogP contribution in [-0.2, 0) is 19.6 Å². The van der Waals surface area contributed by atoms with Crippen LogP contribution < -0.4 is 10.0 Å². The topological polar surface area (TPSA) is 113 Å². The quantitative estimate of drug-likeness (QED) is 0.675. The maximum absolute atomic E-state index is 12.2. The summed E-state index contributed by atoms with van der Waals surface area (Å²) >= 11 is 5.70. The van der Waals surface area contributed by atoms with Crippen molar-refractivity contribution in [3.05, 3.63) is 29.3 Å². The number of hydrogen-bond donors (Lipinski definition) is 3. The van der Waals surface area contributed by atoms with Crippen molar-refractivity contribution in [2.24, 2.45) is 5.92 Å². The fourth-order valence-electron chi connectivity index (χ4n) is 1.66. The molecule has 0 bridgehead atoms. The van der Waals surface area contributed by atoms with E-state index < -0.39 is 39.9 Å². The van der Waals surface area contributed by atoms with Crippen LogP contribution >= 0.6 is 11.6 Å². The summed E-state index contributed by atoms with van der Waals surface area (Å²) in [5.41, 5.74) is 0. The Morgan fingerprint density at radius 2 is 1.65 bits per heavy atom. The SMILES string of the molecule is CC(NS(=O)(=O)c1ccc(Cl)cc1)C(=O)NC(C)C(C)C(=O)O. The number of nitrogens with one attached hydrogen (secondary N) is 2. The van der Waals surface area contributed by atoms with Gasteiger partial charge in [-0.15, -0.1) is 0 Å². The molecule has 23 heavy (non-hydrogen) atoms. The summed E-state index contributed by atoms with van der Waals surface area (Å²) in [6.07, 6.45) is 0. The summed E-state index contributed by atoms with van der Waals surface area (Å²) in [5.74, 6) is -2.45. The lowest BCUT2D eigenvalue weighted by molar-refractivity contribution is -0.142. The van der Waals surface area contributed by atoms with E-state index >= 15 is 0 Å². The van der Waals surface area contributed by atoms with Gasteiger partial charge in [0.2, 0.25) is 15.9 Å². The molecule has 3 unspecified atom stereocenters. The normalized spacial score (nSPS) is 15.5. The number of carbonyl (C=O) groups is 2. The van der Waals surface area contributed by atoms with Crippen LogP contribution in [0.4, 0.5) is 0 Å². The van der Waals surface area contributed by atoms with Gasteiger partial charge in [0.1, 0.15) is 0 Å². The second kappa shape index (κ2) is 7.76. The van der Waals surface area contributed by atoms with E-state index in [-0.39, 0.29) is 4.90 Å². The Morgan fingerprint density at radius 3 is 2.13 bits per heavy atom. The molecule has 7 nitrogen and oxygen atoms in total. The molecule has 0 aliphatic heterocycles. The Kier molecular flexibility index (Phi) is 6.55. The van der Waals surface area contributed by atoms with Crippen LogP contribution in [0.2, 0.25) is 5.02 Å². The number of sulfonamides is 1. The molecule has 3 atom stereocenters. The number of halogens is 1. The first-order valence-electron chi connectivity index (χ1n) is 6.85. The number of rotatable bonds is 7. The molecule has 9 heteroatoms. The van der Waals surface area contributed by atoms with Crippen molar-refractivity contribution < 1.29 is 23.1 Å². The molecule has 0 saturated carbocycles. The minimum absolute atomic E-state index is 0.0199. The van der Waals surface area contributed by atoms with Crippen LogP contribution in [0.15, 0.2) is 29.2 Å². The van der Waals surface area contributed by atoms with Gasteiger partial charge in [0.25, 0.3) is 0 Å². The number of aliphatic carboxylic acids is 1. The molecule has 128 valence electrons. The first-order chi connectivity index (χ1) is 10.5. The largest absolute Gasteiger partial charge is 0.481 e. The van der Waals surface area contributed by atoms with Crippen molar-refractivity contribution in [2.75, 3.05) is 0 Å². The first kappa shape index (κ1) is 19.4. The predicted molar refractivity (Wildman–Crippen MR) is 85.6 cm³/mol. The van der Waals surface area contributed by atoms with Crippen molar-refractivity contribution in [1.29, 1.82) is 0 Å². The lowest BCUT2D eigenvalue weighted by Gasteiger charge is -2.21. The fraction of sp³-hybridized carbons (Fsp3) is 0.429. The predicted octanol–water partition coefficient (Wildman–Crippen LogP) is 1.23. The zero-order valence-corrected chi connectivity index (χ0v) is 14.5. The number of carboxylic acid groups (broad SMARTS) is 1. The maximum atomic E-state index is 12.2. The molecule has 0 heterocycles. The third-order valence-corrected chi connectivity index (χ3v) is 5.17. The van der Waals surface area contributed by atoms with Crippen LogP contribution in [0.1, 0.15) is 20.8 Å². The second-order valence-electron chi connectivity index (χ2n) is 5.22. The monoisotopic (exact) mass is 362 g/mol. The second-order valence-corrected chi connectivity index (χ2v) is 7.37. The summed E-state index contributed by atoms with van der Waals surface area (Å²) in [7, 11) is -3.88. The first-order valence-corrected chi connectivity index (χ1v) is 8.71. The van der Waals surface area contributed by atoms with Crippen molar-refractivity contribution in [3.63, 3.8) is 0 Å². The highest BCUT2D eigenvalue weighted by atomic mass is 35.5. The van der Waals surface area contributed by atoms with Crippen LogP contribution in [0.25, 0.3) is 0 Å². The molecule has 1 amide bonds. The Hall–Kier alpha value is -1.64. The highest BCUT2D eigenvalue weighted by Crippen LogP contribution is 2.14. The number of amides is 1. The summed E-state index contributed by atoms with van der Waals surface area (Å²) in [6.45, 7) is 4.37. The van der Waals surface area contributed by atoms with Crippen LogP contribution in [0.3, 0.4) is 0 Å². The average Bonchev–Trinajstić information content (AvgIpc) is 2.46. The van der Waals surface area contributed by atoms with E-state index in [1.807, 2.05) is 0 Å². The minimum Gasteiger partial charge on any atom is -0.481 e. The van der Waals surface area contributed by atoms with Crippen LogP contribution in [-0.4, -0.2) is 37.5 Å². The van der Waals surface area contributed by atoms with E-state index in [0.29, 0.717) is 5.02 Å². The van der Waals surface area contributed by atoms with Crippen LogP contribution in [0, 0.1) is 5.92 Å². The molecule has 0 aliphatic rings. The summed E-state index contributed by atoms with van der Waals surface area (Å²) in [6, 6.07) is 3.81. The number of carboxylic acids is 1. The van der Waals surface area contributed by atoms with Gasteiger partial charge in [0, 0.05) is 11.1 Å². The number of carbonyl (C=O) groups excluding carboxylic acids is 1. The van der Waals surface area contributed by atoms with E-state index in [1.165, 1.54) is 45.0 Å². The molecule has 0 aromatic heterocycles. The van der Waals surface area contributed by atoms with E-state index in [1.54, 1.807) is 0 Å².